The predicted molar refractivity (Wildman–Crippen MR) is 155 cm³/mol. The zero-order chi connectivity index (χ0) is 29.1. The number of anilines is 1. The summed E-state index contributed by atoms with van der Waals surface area (Å²) in [6, 6.07) is 8.70. The Kier molecular flexibility index (Phi) is 8.60. The molecule has 0 bridgehead atoms. The number of ether oxygens (including phenoxy) is 2. The lowest BCUT2D eigenvalue weighted by molar-refractivity contribution is 0.0195. The van der Waals surface area contributed by atoms with Crippen LogP contribution < -0.4 is 10.9 Å². The molecule has 1 amide bonds. The summed E-state index contributed by atoms with van der Waals surface area (Å²) in [6.07, 6.45) is 5.97. The number of likely N-dealkylation sites (tertiary alicyclic amines) is 1. The molecule has 1 N–H and O–H groups in total. The third-order valence-electron chi connectivity index (χ3n) is 7.33. The first-order valence-electron chi connectivity index (χ1n) is 13.9. The lowest BCUT2D eigenvalue weighted by Crippen LogP contribution is -2.45. The van der Waals surface area contributed by atoms with Crippen molar-refractivity contribution in [3.05, 3.63) is 75.5 Å². The number of rotatable bonds is 6. The van der Waals surface area contributed by atoms with Gasteiger partial charge in [-0.05, 0) is 76.3 Å². The third-order valence-corrected chi connectivity index (χ3v) is 7.64. The predicted octanol–water partition coefficient (Wildman–Crippen LogP) is 5.68. The molecule has 2 saturated heterocycles. The number of carbonyl (C=O) groups excluding carboxylic acids is 1. The van der Waals surface area contributed by atoms with E-state index < -0.39 is 29.6 Å². The number of benzene rings is 1. The van der Waals surface area contributed by atoms with E-state index in [4.69, 9.17) is 21.1 Å². The maximum atomic E-state index is 14.7. The van der Waals surface area contributed by atoms with Gasteiger partial charge in [0.1, 0.15) is 11.4 Å². The number of amides is 1. The van der Waals surface area contributed by atoms with Crippen LogP contribution in [-0.2, 0) is 9.47 Å². The quantitative estimate of drug-likeness (QED) is 0.399. The summed E-state index contributed by atoms with van der Waals surface area (Å²) in [5, 5.41) is 3.34. The van der Waals surface area contributed by atoms with Crippen LogP contribution in [0.2, 0.25) is 5.02 Å². The van der Waals surface area contributed by atoms with Gasteiger partial charge in [0.05, 0.1) is 22.8 Å². The van der Waals surface area contributed by atoms with Gasteiger partial charge in [0, 0.05) is 49.8 Å². The van der Waals surface area contributed by atoms with E-state index in [2.05, 4.69) is 15.3 Å². The average molecular weight is 584 g/mol. The van der Waals surface area contributed by atoms with E-state index in [1.807, 2.05) is 20.8 Å². The fourth-order valence-electron chi connectivity index (χ4n) is 5.42. The number of hydrogen-bond donors (Lipinski definition) is 1. The number of nitrogens with one attached hydrogen (secondary N) is 1. The summed E-state index contributed by atoms with van der Waals surface area (Å²) < 4.78 is 27.3. The number of carbonyl (C=O) groups is 1. The summed E-state index contributed by atoms with van der Waals surface area (Å²) in [5.41, 5.74) is 0.772. The molecule has 0 aliphatic carbocycles. The standard InChI is InChI=1S/C30H35ClFN5O4/c1-30(2,3)41-29(39)36-13-4-5-25(36)27(20-6-7-22(31)23(32)17-20)37-14-9-19(18-26(37)38)24-8-12-33-28(35-24)34-21-10-15-40-16-11-21/h6-9,12,14,17-18,21,25,27H,4-5,10-11,13,15-16H2,1-3H3,(H,33,34,35)/t25?,27-/m0/s1. The highest BCUT2D eigenvalue weighted by molar-refractivity contribution is 6.30. The first kappa shape index (κ1) is 29.0. The molecule has 0 saturated carbocycles. The second-order valence-corrected chi connectivity index (χ2v) is 11.9. The summed E-state index contributed by atoms with van der Waals surface area (Å²) >= 11 is 5.99. The summed E-state index contributed by atoms with van der Waals surface area (Å²) in [5.74, 6) is -0.0988. The second kappa shape index (κ2) is 12.2. The SMILES string of the molecule is CC(C)(C)OC(=O)N1CCCC1[C@H](c1ccc(Cl)c(F)c1)n1ccc(-c2ccnc(NC3CCOCC3)n2)cc1=O. The first-order valence-corrected chi connectivity index (χ1v) is 14.3. The van der Waals surface area contributed by atoms with Crippen LogP contribution in [0.15, 0.2) is 53.6 Å². The highest BCUT2D eigenvalue weighted by Gasteiger charge is 2.39. The van der Waals surface area contributed by atoms with E-state index in [0.717, 1.165) is 19.3 Å². The van der Waals surface area contributed by atoms with E-state index in [0.29, 0.717) is 48.9 Å². The zero-order valence-corrected chi connectivity index (χ0v) is 24.2. The van der Waals surface area contributed by atoms with E-state index >= 15 is 0 Å². The largest absolute Gasteiger partial charge is 0.444 e. The topological polar surface area (TPSA) is 98.6 Å². The Morgan fingerprint density at radius 3 is 2.66 bits per heavy atom. The van der Waals surface area contributed by atoms with E-state index in [-0.39, 0.29) is 16.6 Å². The highest BCUT2D eigenvalue weighted by Crippen LogP contribution is 2.34. The smallest absolute Gasteiger partial charge is 0.410 e. The Balaban J connectivity index is 1.48. The van der Waals surface area contributed by atoms with Crippen molar-refractivity contribution >= 4 is 23.6 Å². The van der Waals surface area contributed by atoms with Gasteiger partial charge in [-0.1, -0.05) is 17.7 Å². The summed E-state index contributed by atoms with van der Waals surface area (Å²) in [4.78, 5) is 37.4. The van der Waals surface area contributed by atoms with Gasteiger partial charge in [0.2, 0.25) is 5.95 Å². The third kappa shape index (κ3) is 6.87. The zero-order valence-electron chi connectivity index (χ0n) is 23.5. The molecule has 2 atom stereocenters. The molecule has 2 aromatic heterocycles. The molecule has 41 heavy (non-hydrogen) atoms. The van der Waals surface area contributed by atoms with Crippen LogP contribution in [0.5, 0.6) is 0 Å². The molecule has 2 aliphatic rings. The molecule has 2 fully saturated rings. The van der Waals surface area contributed by atoms with Crippen molar-refractivity contribution in [2.24, 2.45) is 0 Å². The van der Waals surface area contributed by atoms with Gasteiger partial charge in [0.15, 0.2) is 0 Å². The van der Waals surface area contributed by atoms with Gasteiger partial charge in [-0.2, -0.15) is 0 Å². The fraction of sp³-hybridized carbons (Fsp3) is 0.467. The van der Waals surface area contributed by atoms with Crippen molar-refractivity contribution in [3.63, 3.8) is 0 Å². The van der Waals surface area contributed by atoms with Crippen molar-refractivity contribution in [1.82, 2.24) is 19.4 Å². The maximum Gasteiger partial charge on any atom is 0.410 e. The minimum Gasteiger partial charge on any atom is -0.444 e. The van der Waals surface area contributed by atoms with Gasteiger partial charge >= 0.3 is 6.09 Å². The Labute approximate surface area is 243 Å². The number of hydrogen-bond acceptors (Lipinski definition) is 7. The molecular weight excluding hydrogens is 549 g/mol. The van der Waals surface area contributed by atoms with E-state index in [9.17, 15) is 14.0 Å². The molecule has 3 aromatic rings. The minimum atomic E-state index is -0.680. The van der Waals surface area contributed by atoms with E-state index in [1.54, 1.807) is 40.1 Å². The molecule has 1 aromatic carbocycles. The molecule has 218 valence electrons. The fourth-order valence-corrected chi connectivity index (χ4v) is 5.54. The van der Waals surface area contributed by atoms with Crippen LogP contribution in [0.25, 0.3) is 11.3 Å². The molecule has 4 heterocycles. The van der Waals surface area contributed by atoms with Crippen LogP contribution in [0, 0.1) is 5.82 Å². The monoisotopic (exact) mass is 583 g/mol. The van der Waals surface area contributed by atoms with Gasteiger partial charge in [-0.3, -0.25) is 4.79 Å². The molecule has 1 unspecified atom stereocenters. The Bertz CT molecular complexity index is 1450. The maximum absolute atomic E-state index is 14.7. The van der Waals surface area contributed by atoms with Crippen molar-refractivity contribution in [2.45, 2.75) is 70.2 Å². The summed E-state index contributed by atoms with van der Waals surface area (Å²) in [7, 11) is 0. The van der Waals surface area contributed by atoms with Crippen molar-refractivity contribution in [1.29, 1.82) is 0 Å². The van der Waals surface area contributed by atoms with Crippen molar-refractivity contribution < 1.29 is 18.7 Å². The van der Waals surface area contributed by atoms with E-state index in [1.165, 1.54) is 18.2 Å². The molecule has 11 heteroatoms. The van der Waals surface area contributed by atoms with Crippen LogP contribution in [0.4, 0.5) is 15.1 Å². The number of aromatic nitrogens is 3. The van der Waals surface area contributed by atoms with Gasteiger partial charge in [-0.25, -0.2) is 19.2 Å². The Morgan fingerprint density at radius 2 is 1.95 bits per heavy atom. The van der Waals surface area contributed by atoms with Crippen LogP contribution in [0.1, 0.15) is 58.1 Å². The van der Waals surface area contributed by atoms with Crippen LogP contribution in [0.3, 0.4) is 0 Å². The average Bonchev–Trinajstić information content (AvgIpc) is 3.41. The number of nitrogens with zero attached hydrogens (tertiary/aromatic N) is 4. The molecule has 2 aliphatic heterocycles. The van der Waals surface area contributed by atoms with Crippen LogP contribution in [-0.4, -0.2) is 63.0 Å². The number of pyridine rings is 1. The molecule has 0 radical (unpaired) electrons. The minimum absolute atomic E-state index is 0.0143. The Morgan fingerprint density at radius 1 is 1.17 bits per heavy atom. The van der Waals surface area contributed by atoms with Crippen molar-refractivity contribution in [2.75, 3.05) is 25.1 Å². The normalized spacial score (nSPS) is 18.8. The van der Waals surface area contributed by atoms with Crippen molar-refractivity contribution in [3.8, 4) is 11.3 Å². The highest BCUT2D eigenvalue weighted by atomic mass is 35.5. The van der Waals surface area contributed by atoms with Gasteiger partial charge in [-0.15, -0.1) is 0 Å². The lowest BCUT2D eigenvalue weighted by atomic mass is 9.96. The lowest BCUT2D eigenvalue weighted by Gasteiger charge is -2.34. The van der Waals surface area contributed by atoms with Crippen LogP contribution >= 0.6 is 11.6 Å². The second-order valence-electron chi connectivity index (χ2n) is 11.5. The molecule has 0 spiro atoms. The molecule has 5 rings (SSSR count). The molecule has 9 nitrogen and oxygen atoms in total. The Hall–Kier alpha value is -3.50. The van der Waals surface area contributed by atoms with Gasteiger partial charge < -0.3 is 24.3 Å². The molecular formula is C30H35ClFN5O4. The first-order chi connectivity index (χ1) is 19.6. The summed E-state index contributed by atoms with van der Waals surface area (Å²) in [6.45, 7) is 7.29. The number of halogens is 2. The van der Waals surface area contributed by atoms with Gasteiger partial charge in [0.25, 0.3) is 5.56 Å².